The number of carbonyl (C=O) groups excluding carboxylic acids is 1. The molecule has 1 aliphatic rings. The molecule has 2 heterocycles. The summed E-state index contributed by atoms with van der Waals surface area (Å²) in [6, 6.07) is 3.72. The van der Waals surface area contributed by atoms with Crippen molar-refractivity contribution in [1.29, 1.82) is 0 Å². The molecule has 0 fully saturated rings. The van der Waals surface area contributed by atoms with Gasteiger partial charge >= 0.3 is 0 Å². The van der Waals surface area contributed by atoms with Gasteiger partial charge in [0.05, 0.1) is 9.21 Å². The largest absolute Gasteiger partial charge is 0.382 e. The highest BCUT2D eigenvalue weighted by molar-refractivity contribution is 7.18. The summed E-state index contributed by atoms with van der Waals surface area (Å²) in [6.07, 6.45) is 0.906. The molecule has 4 nitrogen and oxygen atoms in total. The van der Waals surface area contributed by atoms with Crippen LogP contribution in [0, 0.1) is 5.41 Å². The molecule has 0 saturated carbocycles. The maximum atomic E-state index is 12.0. The van der Waals surface area contributed by atoms with E-state index in [1.165, 1.54) is 11.3 Å². The van der Waals surface area contributed by atoms with Crippen LogP contribution in [-0.2, 0) is 9.63 Å². The van der Waals surface area contributed by atoms with Crippen LogP contribution >= 0.6 is 22.9 Å². The topological polar surface area (TPSA) is 50.7 Å². The molecule has 20 heavy (non-hydrogen) atoms. The second-order valence-corrected chi connectivity index (χ2v) is 7.76. The summed E-state index contributed by atoms with van der Waals surface area (Å²) in [5.41, 5.74) is 0.997. The van der Waals surface area contributed by atoms with Crippen LogP contribution in [0.3, 0.4) is 0 Å². The van der Waals surface area contributed by atoms with Crippen LogP contribution in [0.15, 0.2) is 17.3 Å². The molecule has 1 aromatic heterocycles. The Morgan fingerprint density at radius 1 is 1.55 bits per heavy atom. The van der Waals surface area contributed by atoms with Gasteiger partial charge in [0.15, 0.2) is 0 Å². The number of rotatable bonds is 4. The van der Waals surface area contributed by atoms with Gasteiger partial charge in [-0.1, -0.05) is 37.5 Å². The van der Waals surface area contributed by atoms with Crippen molar-refractivity contribution in [1.82, 2.24) is 5.32 Å². The van der Waals surface area contributed by atoms with Crippen molar-refractivity contribution in [3.05, 3.63) is 21.3 Å². The van der Waals surface area contributed by atoms with E-state index >= 15 is 0 Å². The average molecular weight is 315 g/mol. The molecule has 1 aromatic rings. The highest BCUT2D eigenvalue weighted by Gasteiger charge is 2.29. The van der Waals surface area contributed by atoms with E-state index in [-0.39, 0.29) is 11.3 Å². The van der Waals surface area contributed by atoms with Crippen LogP contribution in [0.5, 0.6) is 0 Å². The molecule has 0 spiro atoms. The summed E-state index contributed by atoms with van der Waals surface area (Å²) in [5.74, 6) is -0.101. The monoisotopic (exact) mass is 314 g/mol. The summed E-state index contributed by atoms with van der Waals surface area (Å²) in [4.78, 5) is 18.2. The number of hydrogen-bond donors (Lipinski definition) is 1. The molecular formula is C14H19ClN2O2S. The quantitative estimate of drug-likeness (QED) is 0.925. The predicted octanol–water partition coefficient (Wildman–Crippen LogP) is 3.45. The zero-order valence-electron chi connectivity index (χ0n) is 11.9. The lowest BCUT2D eigenvalue weighted by Crippen LogP contribution is -2.36. The Bertz CT molecular complexity index is 519. The molecule has 0 aliphatic carbocycles. The van der Waals surface area contributed by atoms with Crippen molar-refractivity contribution in [2.45, 2.75) is 39.7 Å². The van der Waals surface area contributed by atoms with E-state index < -0.39 is 6.10 Å². The first-order valence-electron chi connectivity index (χ1n) is 6.61. The number of amides is 1. The van der Waals surface area contributed by atoms with Gasteiger partial charge in [0.2, 0.25) is 6.10 Å². The highest BCUT2D eigenvalue weighted by atomic mass is 35.5. The third-order valence-corrected chi connectivity index (χ3v) is 4.27. The third kappa shape index (κ3) is 4.21. The maximum absolute atomic E-state index is 12.0. The van der Waals surface area contributed by atoms with Gasteiger partial charge in [0.25, 0.3) is 5.91 Å². The standard InChI is InChI=1S/C14H19ClN2O2S/c1-14(2,3)6-7-16-13(18)10-8-9(17-19-10)11-4-5-12(15)20-11/h4-5,10H,6-8H2,1-3H3,(H,16,18)/t10-/m0/s1. The number of carbonyl (C=O) groups is 1. The van der Waals surface area contributed by atoms with Crippen LogP contribution < -0.4 is 5.32 Å². The molecule has 1 aliphatic heterocycles. The molecule has 0 saturated heterocycles. The fourth-order valence-electron chi connectivity index (χ4n) is 1.81. The second-order valence-electron chi connectivity index (χ2n) is 6.04. The van der Waals surface area contributed by atoms with Gasteiger partial charge in [-0.25, -0.2) is 0 Å². The molecule has 6 heteroatoms. The van der Waals surface area contributed by atoms with Crippen LogP contribution in [0.25, 0.3) is 0 Å². The SMILES string of the molecule is CC(C)(C)CCNC(=O)[C@@H]1CC(c2ccc(Cl)s2)=NO1. The number of halogens is 1. The first kappa shape index (κ1) is 15.3. The molecular weight excluding hydrogens is 296 g/mol. The van der Waals surface area contributed by atoms with Gasteiger partial charge in [-0.15, -0.1) is 11.3 Å². The predicted molar refractivity (Wildman–Crippen MR) is 82.4 cm³/mol. The Morgan fingerprint density at radius 3 is 2.90 bits per heavy atom. The Balaban J connectivity index is 1.81. The zero-order valence-corrected chi connectivity index (χ0v) is 13.5. The molecule has 1 N–H and O–H groups in total. The van der Waals surface area contributed by atoms with Crippen molar-refractivity contribution in [2.75, 3.05) is 6.54 Å². The van der Waals surface area contributed by atoms with Crippen molar-refractivity contribution in [2.24, 2.45) is 10.6 Å². The van der Waals surface area contributed by atoms with E-state index in [0.29, 0.717) is 17.3 Å². The molecule has 0 bridgehead atoms. The van der Waals surface area contributed by atoms with Crippen molar-refractivity contribution < 1.29 is 9.63 Å². The first-order valence-corrected chi connectivity index (χ1v) is 7.81. The van der Waals surface area contributed by atoms with Crippen molar-refractivity contribution in [3.63, 3.8) is 0 Å². The number of oxime groups is 1. The van der Waals surface area contributed by atoms with Gasteiger partial charge in [-0.3, -0.25) is 4.79 Å². The molecule has 0 unspecified atom stereocenters. The smallest absolute Gasteiger partial charge is 0.264 e. The summed E-state index contributed by atoms with van der Waals surface area (Å²) in [7, 11) is 0. The Labute approximate surface area is 128 Å². The van der Waals surface area contributed by atoms with E-state index in [0.717, 1.165) is 17.0 Å². The fraction of sp³-hybridized carbons (Fsp3) is 0.571. The maximum Gasteiger partial charge on any atom is 0.264 e. The normalized spacial score (nSPS) is 18.6. The Kier molecular flexibility index (Phi) is 4.70. The van der Waals surface area contributed by atoms with E-state index in [9.17, 15) is 4.79 Å². The van der Waals surface area contributed by atoms with Gasteiger partial charge in [-0.2, -0.15) is 0 Å². The summed E-state index contributed by atoms with van der Waals surface area (Å²) in [6.45, 7) is 7.09. The van der Waals surface area contributed by atoms with Gasteiger partial charge in [-0.05, 0) is 24.0 Å². The average Bonchev–Trinajstić information content (AvgIpc) is 2.95. The van der Waals surface area contributed by atoms with E-state index in [2.05, 4.69) is 31.2 Å². The number of nitrogens with one attached hydrogen (secondary N) is 1. The van der Waals surface area contributed by atoms with E-state index in [1.54, 1.807) is 0 Å². The lowest BCUT2D eigenvalue weighted by molar-refractivity contribution is -0.131. The fourth-order valence-corrected chi connectivity index (χ4v) is 2.84. The minimum Gasteiger partial charge on any atom is -0.382 e. The first-order chi connectivity index (χ1) is 9.35. The van der Waals surface area contributed by atoms with Gasteiger partial charge in [0.1, 0.15) is 5.71 Å². The van der Waals surface area contributed by atoms with Crippen molar-refractivity contribution in [3.8, 4) is 0 Å². The molecule has 1 amide bonds. The minimum absolute atomic E-state index is 0.101. The highest BCUT2D eigenvalue weighted by Crippen LogP contribution is 2.26. The van der Waals surface area contributed by atoms with Gasteiger partial charge < -0.3 is 10.2 Å². The van der Waals surface area contributed by atoms with Crippen LogP contribution in [0.1, 0.15) is 38.5 Å². The molecule has 0 aromatic carbocycles. The number of nitrogens with zero attached hydrogens (tertiary/aromatic N) is 1. The second kappa shape index (κ2) is 6.14. The van der Waals surface area contributed by atoms with E-state index in [4.69, 9.17) is 16.4 Å². The van der Waals surface area contributed by atoms with Crippen LogP contribution in [0.4, 0.5) is 0 Å². The summed E-state index contributed by atoms with van der Waals surface area (Å²) in [5, 5.41) is 6.88. The van der Waals surface area contributed by atoms with Crippen molar-refractivity contribution >= 4 is 34.6 Å². The molecule has 1 atom stereocenters. The molecule has 0 radical (unpaired) electrons. The minimum atomic E-state index is -0.522. The van der Waals surface area contributed by atoms with E-state index in [1.807, 2.05) is 12.1 Å². The lowest BCUT2D eigenvalue weighted by Gasteiger charge is -2.18. The zero-order chi connectivity index (χ0) is 14.8. The summed E-state index contributed by atoms with van der Waals surface area (Å²) < 4.78 is 0.709. The Hall–Kier alpha value is -1.07. The van der Waals surface area contributed by atoms with Crippen LogP contribution in [-0.4, -0.2) is 24.3 Å². The molecule has 110 valence electrons. The number of thiophene rings is 1. The summed E-state index contributed by atoms with van der Waals surface area (Å²) >= 11 is 7.34. The molecule has 2 rings (SSSR count). The lowest BCUT2D eigenvalue weighted by atomic mass is 9.92. The van der Waals surface area contributed by atoms with Crippen LogP contribution in [0.2, 0.25) is 4.34 Å². The number of hydrogen-bond acceptors (Lipinski definition) is 4. The Morgan fingerprint density at radius 2 is 2.30 bits per heavy atom. The van der Waals surface area contributed by atoms with Gasteiger partial charge in [0, 0.05) is 13.0 Å². The third-order valence-electron chi connectivity index (χ3n) is 2.99.